The number of imidazole rings is 1. The van der Waals surface area contributed by atoms with Gasteiger partial charge in [0.15, 0.2) is 11.0 Å². The van der Waals surface area contributed by atoms with Crippen molar-refractivity contribution in [3.8, 4) is 0 Å². The van der Waals surface area contributed by atoms with Gasteiger partial charge < -0.3 is 5.32 Å². The molecule has 0 bridgehead atoms. The molecule has 2 rings (SSSR count). The van der Waals surface area contributed by atoms with E-state index in [9.17, 15) is 4.79 Å². The maximum absolute atomic E-state index is 11.3. The smallest absolute Gasteiger partial charge is 0.320 e. The van der Waals surface area contributed by atoms with Gasteiger partial charge in [0.1, 0.15) is 0 Å². The largest absolute Gasteiger partial charge is 0.433 e. The Morgan fingerprint density at radius 1 is 1.67 bits per heavy atom. The van der Waals surface area contributed by atoms with Crippen molar-refractivity contribution in [1.82, 2.24) is 14.9 Å². The quantitative estimate of drug-likeness (QED) is 0.673. The minimum Gasteiger partial charge on any atom is -0.320 e. The van der Waals surface area contributed by atoms with Crippen LogP contribution >= 0.6 is 11.8 Å². The topological polar surface area (TPSA) is 68.5 Å². The van der Waals surface area contributed by atoms with E-state index in [4.69, 9.17) is 4.84 Å². The predicted octanol–water partition coefficient (Wildman–Crippen LogP) is 2.07. The van der Waals surface area contributed by atoms with E-state index in [0.29, 0.717) is 12.4 Å². The van der Waals surface area contributed by atoms with Crippen molar-refractivity contribution in [3.63, 3.8) is 0 Å². The van der Waals surface area contributed by atoms with Crippen molar-refractivity contribution >= 4 is 23.7 Å². The van der Waals surface area contributed by atoms with Crippen LogP contribution < -0.4 is 5.32 Å². The second-order valence-corrected chi connectivity index (χ2v) is 6.00. The number of rotatable bonds is 3. The maximum atomic E-state index is 11.3. The summed E-state index contributed by atoms with van der Waals surface area (Å²) >= 11 is 1.59. The summed E-state index contributed by atoms with van der Waals surface area (Å²) in [7, 11) is 0. The van der Waals surface area contributed by atoms with Crippen LogP contribution in [0.2, 0.25) is 0 Å². The Labute approximate surface area is 110 Å². The second-order valence-electron chi connectivity index (χ2n) is 4.41. The number of amides is 1. The fraction of sp³-hybridized carbons (Fsp3) is 0.545. The van der Waals surface area contributed by atoms with Crippen LogP contribution in [0, 0.1) is 0 Å². The molecule has 18 heavy (non-hydrogen) atoms. The lowest BCUT2D eigenvalue weighted by Gasteiger charge is -2.15. The Balaban J connectivity index is 2.09. The van der Waals surface area contributed by atoms with Crippen LogP contribution in [-0.4, -0.2) is 32.8 Å². The fourth-order valence-corrected chi connectivity index (χ4v) is 2.63. The van der Waals surface area contributed by atoms with E-state index in [1.807, 2.05) is 31.5 Å². The molecule has 0 fully saturated rings. The highest BCUT2D eigenvalue weighted by atomic mass is 32.2. The van der Waals surface area contributed by atoms with E-state index in [1.165, 1.54) is 0 Å². The molecule has 1 aliphatic rings. The van der Waals surface area contributed by atoms with Crippen LogP contribution in [0.1, 0.15) is 27.2 Å². The van der Waals surface area contributed by atoms with Crippen LogP contribution in [0.25, 0.3) is 0 Å². The number of fused-ring (bicyclic) bond motifs is 1. The van der Waals surface area contributed by atoms with Crippen molar-refractivity contribution < 1.29 is 9.63 Å². The molecule has 0 spiro atoms. The summed E-state index contributed by atoms with van der Waals surface area (Å²) in [6.45, 7) is 6.58. The fourth-order valence-electron chi connectivity index (χ4n) is 1.59. The summed E-state index contributed by atoms with van der Waals surface area (Å²) in [6, 6.07) is 0. The van der Waals surface area contributed by atoms with Gasteiger partial charge in [0.25, 0.3) is 0 Å². The number of nitrogens with zero attached hydrogens (tertiary/aromatic N) is 3. The van der Waals surface area contributed by atoms with Gasteiger partial charge in [-0.25, -0.2) is 9.78 Å². The van der Waals surface area contributed by atoms with Crippen LogP contribution in [0.15, 0.2) is 22.7 Å². The third-order valence-corrected chi connectivity index (χ3v) is 3.63. The number of nitrogens with one attached hydrogen (secondary N) is 1. The van der Waals surface area contributed by atoms with Gasteiger partial charge in [-0.3, -0.25) is 9.40 Å². The van der Waals surface area contributed by atoms with Gasteiger partial charge in [-0.1, -0.05) is 23.8 Å². The SMILES string of the molecule is CCCNC(=O)ON=C1n2ccnc2SC1(C)C. The van der Waals surface area contributed by atoms with Crippen LogP contribution in [0.3, 0.4) is 0 Å². The number of carbonyl (C=O) groups is 1. The molecule has 0 saturated heterocycles. The van der Waals surface area contributed by atoms with E-state index in [-0.39, 0.29) is 4.75 Å². The summed E-state index contributed by atoms with van der Waals surface area (Å²) in [6.07, 6.45) is 3.84. The van der Waals surface area contributed by atoms with Crippen LogP contribution in [0.5, 0.6) is 0 Å². The number of carbonyl (C=O) groups excluding carboxylic acids is 1. The normalized spacial score (nSPS) is 18.7. The van der Waals surface area contributed by atoms with Crippen LogP contribution in [-0.2, 0) is 4.84 Å². The summed E-state index contributed by atoms with van der Waals surface area (Å²) < 4.78 is 1.58. The Morgan fingerprint density at radius 2 is 2.44 bits per heavy atom. The molecular formula is C11H16N4O2S. The number of hydrogen-bond acceptors (Lipinski definition) is 5. The lowest BCUT2D eigenvalue weighted by atomic mass is 10.2. The van der Waals surface area contributed by atoms with Crippen molar-refractivity contribution in [1.29, 1.82) is 0 Å². The first-order chi connectivity index (χ1) is 8.54. The summed E-state index contributed by atoms with van der Waals surface area (Å²) in [5.41, 5.74) is 0. The van der Waals surface area contributed by atoms with Crippen molar-refractivity contribution in [2.24, 2.45) is 5.16 Å². The van der Waals surface area contributed by atoms with Crippen molar-refractivity contribution in [2.75, 3.05) is 6.54 Å². The summed E-state index contributed by atoms with van der Waals surface area (Å²) in [5.74, 6) is 0.673. The zero-order chi connectivity index (χ0) is 13.2. The number of hydrogen-bond donors (Lipinski definition) is 1. The highest BCUT2D eigenvalue weighted by Gasteiger charge is 2.38. The van der Waals surface area contributed by atoms with Gasteiger partial charge in [-0.05, 0) is 20.3 Å². The van der Waals surface area contributed by atoms with Crippen LogP contribution in [0.4, 0.5) is 4.79 Å². The van der Waals surface area contributed by atoms with Gasteiger partial charge in [-0.2, -0.15) is 0 Å². The molecule has 6 nitrogen and oxygen atoms in total. The summed E-state index contributed by atoms with van der Waals surface area (Å²) in [4.78, 5) is 20.4. The van der Waals surface area contributed by atoms with E-state index in [0.717, 1.165) is 11.6 Å². The molecule has 0 radical (unpaired) electrons. The van der Waals surface area contributed by atoms with Gasteiger partial charge >= 0.3 is 6.09 Å². The summed E-state index contributed by atoms with van der Waals surface area (Å²) in [5, 5.41) is 7.41. The van der Waals surface area contributed by atoms with E-state index >= 15 is 0 Å². The molecule has 7 heteroatoms. The third kappa shape index (κ3) is 2.50. The Kier molecular flexibility index (Phi) is 3.60. The number of aromatic nitrogens is 2. The maximum Gasteiger partial charge on any atom is 0.433 e. The van der Waals surface area contributed by atoms with E-state index in [1.54, 1.807) is 18.0 Å². The molecule has 2 heterocycles. The van der Waals surface area contributed by atoms with Crippen molar-refractivity contribution in [2.45, 2.75) is 37.1 Å². The average molecular weight is 268 g/mol. The van der Waals surface area contributed by atoms with Gasteiger partial charge in [0.05, 0.1) is 4.75 Å². The highest BCUT2D eigenvalue weighted by Crippen LogP contribution is 2.39. The molecule has 0 aromatic carbocycles. The molecular weight excluding hydrogens is 252 g/mol. The number of oxime groups is 1. The monoisotopic (exact) mass is 268 g/mol. The van der Waals surface area contributed by atoms with E-state index in [2.05, 4.69) is 15.5 Å². The predicted molar refractivity (Wildman–Crippen MR) is 69.8 cm³/mol. The van der Waals surface area contributed by atoms with Gasteiger partial charge in [0.2, 0.25) is 0 Å². The molecule has 1 amide bonds. The molecule has 1 N–H and O–H groups in total. The first-order valence-corrected chi connectivity index (χ1v) is 6.62. The van der Waals surface area contributed by atoms with E-state index < -0.39 is 6.09 Å². The molecule has 1 aromatic heterocycles. The standard InChI is InChI=1S/C11H16N4O2S/c1-4-5-13-10(16)17-14-8-11(2,3)18-9-12-6-7-15(8)9/h6-7H,4-5H2,1-3H3,(H,13,16). The molecule has 0 atom stereocenters. The highest BCUT2D eigenvalue weighted by molar-refractivity contribution is 8.01. The Morgan fingerprint density at radius 3 is 3.17 bits per heavy atom. The average Bonchev–Trinajstić information content (AvgIpc) is 2.81. The third-order valence-electron chi connectivity index (χ3n) is 2.45. The van der Waals surface area contributed by atoms with Gasteiger partial charge in [0, 0.05) is 18.9 Å². The zero-order valence-corrected chi connectivity index (χ0v) is 11.5. The molecule has 98 valence electrons. The van der Waals surface area contributed by atoms with Gasteiger partial charge in [-0.15, -0.1) is 0 Å². The molecule has 0 unspecified atom stereocenters. The lowest BCUT2D eigenvalue weighted by Crippen LogP contribution is -2.30. The molecule has 1 aromatic rings. The first kappa shape index (κ1) is 12.9. The minimum atomic E-state index is -0.529. The first-order valence-electron chi connectivity index (χ1n) is 5.80. The Bertz CT molecular complexity index is 481. The zero-order valence-electron chi connectivity index (χ0n) is 10.6. The molecule has 0 saturated carbocycles. The molecule has 0 aliphatic carbocycles. The Hall–Kier alpha value is -1.50. The second kappa shape index (κ2) is 5.01. The lowest BCUT2D eigenvalue weighted by molar-refractivity contribution is 0.150. The minimum absolute atomic E-state index is 0.255. The molecule has 1 aliphatic heterocycles. The number of thioether (sulfide) groups is 1. The van der Waals surface area contributed by atoms with Crippen molar-refractivity contribution in [3.05, 3.63) is 12.4 Å².